The fourth-order valence-corrected chi connectivity index (χ4v) is 2.37. The summed E-state index contributed by atoms with van der Waals surface area (Å²) in [6.45, 7) is 3.27. The molecule has 0 atom stereocenters. The van der Waals surface area contributed by atoms with E-state index in [1.807, 2.05) is 31.2 Å². The summed E-state index contributed by atoms with van der Waals surface area (Å²) in [6.07, 6.45) is 1.58. The van der Waals surface area contributed by atoms with Crippen LogP contribution in [0.4, 0.5) is 0 Å². The van der Waals surface area contributed by atoms with Crippen LogP contribution in [0.15, 0.2) is 40.9 Å². The van der Waals surface area contributed by atoms with Gasteiger partial charge in [-0.2, -0.15) is 0 Å². The highest BCUT2D eigenvalue weighted by Crippen LogP contribution is 2.19. The molecule has 0 radical (unpaired) electrons. The van der Waals surface area contributed by atoms with Crippen molar-refractivity contribution in [3.63, 3.8) is 0 Å². The lowest BCUT2D eigenvalue weighted by Crippen LogP contribution is -2.09. The first kappa shape index (κ1) is 16.6. The Balaban J connectivity index is 1.68. The second kappa shape index (κ2) is 6.72. The highest BCUT2D eigenvalue weighted by Gasteiger charge is 2.17. The maximum atomic E-state index is 12.2. The van der Waals surface area contributed by atoms with E-state index >= 15 is 0 Å². The van der Waals surface area contributed by atoms with Crippen molar-refractivity contribution >= 4 is 11.8 Å². The Morgan fingerprint density at radius 2 is 2.04 bits per heavy atom. The molecule has 0 aliphatic heterocycles. The first-order chi connectivity index (χ1) is 11.9. The molecule has 3 rings (SSSR count). The van der Waals surface area contributed by atoms with Crippen molar-refractivity contribution in [3.8, 4) is 11.5 Å². The second-order valence-corrected chi connectivity index (χ2v) is 5.73. The first-order valence-electron chi connectivity index (χ1n) is 7.68. The number of rotatable bonds is 5. The number of nitrogens with zero attached hydrogens (tertiary/aromatic N) is 3. The smallest absolute Gasteiger partial charge is 0.355 e. The van der Waals surface area contributed by atoms with Crippen molar-refractivity contribution < 1.29 is 18.7 Å². The number of carbonyl (C=O) groups is 2. The predicted molar refractivity (Wildman–Crippen MR) is 89.0 cm³/mol. The van der Waals surface area contributed by atoms with Crippen molar-refractivity contribution in [3.05, 3.63) is 59.2 Å². The average Bonchev–Trinajstić information content (AvgIpc) is 3.19. The van der Waals surface area contributed by atoms with Crippen LogP contribution in [-0.2, 0) is 18.4 Å². The van der Waals surface area contributed by atoms with Gasteiger partial charge in [-0.05, 0) is 32.0 Å². The summed E-state index contributed by atoms with van der Waals surface area (Å²) >= 11 is 0. The van der Waals surface area contributed by atoms with Crippen LogP contribution in [0, 0.1) is 6.92 Å². The quantitative estimate of drug-likeness (QED) is 0.525. The van der Waals surface area contributed by atoms with Gasteiger partial charge in [0.25, 0.3) is 5.89 Å². The number of Topliss-reactive ketones (excluding diaryl/α,β-unsaturated/α-hetero) is 1. The minimum absolute atomic E-state index is 0.116. The van der Waals surface area contributed by atoms with Crippen LogP contribution in [0.5, 0.6) is 0 Å². The molecule has 0 unspecified atom stereocenters. The molecule has 1 aromatic carbocycles. The number of carbonyl (C=O) groups excluding carboxylic acids is 2. The average molecular weight is 339 g/mol. The van der Waals surface area contributed by atoms with E-state index in [1.54, 1.807) is 17.8 Å². The third-order valence-corrected chi connectivity index (χ3v) is 3.68. The van der Waals surface area contributed by atoms with Crippen molar-refractivity contribution in [1.29, 1.82) is 0 Å². The standard InChI is InChI=1S/C18H17N3O4/c1-11-5-4-6-13(7-11)17-20-19-16(25-17)10-24-18(23)15-8-14(12(2)22)9-21(15)3/h4-9H,10H2,1-3H3. The molecule has 2 aromatic heterocycles. The molecule has 25 heavy (non-hydrogen) atoms. The van der Waals surface area contributed by atoms with E-state index in [4.69, 9.17) is 9.15 Å². The van der Waals surface area contributed by atoms with Gasteiger partial charge in [0.1, 0.15) is 5.69 Å². The second-order valence-electron chi connectivity index (χ2n) is 5.73. The van der Waals surface area contributed by atoms with Crippen molar-refractivity contribution in [1.82, 2.24) is 14.8 Å². The Hall–Kier alpha value is -3.22. The summed E-state index contributed by atoms with van der Waals surface area (Å²) < 4.78 is 12.3. The summed E-state index contributed by atoms with van der Waals surface area (Å²) in [6, 6.07) is 9.16. The number of benzene rings is 1. The molecule has 0 fully saturated rings. The van der Waals surface area contributed by atoms with Crippen LogP contribution in [0.1, 0.15) is 39.2 Å². The topological polar surface area (TPSA) is 87.2 Å². The Kier molecular flexibility index (Phi) is 4.47. The normalized spacial score (nSPS) is 10.7. The van der Waals surface area contributed by atoms with E-state index in [0.29, 0.717) is 11.5 Å². The molecule has 0 N–H and O–H groups in total. The van der Waals surface area contributed by atoms with Gasteiger partial charge < -0.3 is 13.7 Å². The number of ketones is 1. The zero-order valence-electron chi connectivity index (χ0n) is 14.1. The van der Waals surface area contributed by atoms with Crippen LogP contribution < -0.4 is 0 Å². The van der Waals surface area contributed by atoms with Gasteiger partial charge in [0, 0.05) is 24.4 Å². The van der Waals surface area contributed by atoms with Crippen molar-refractivity contribution in [2.45, 2.75) is 20.5 Å². The van der Waals surface area contributed by atoms with Gasteiger partial charge >= 0.3 is 5.97 Å². The molecule has 0 bridgehead atoms. The summed E-state index contributed by atoms with van der Waals surface area (Å²) in [7, 11) is 1.67. The SMILES string of the molecule is CC(=O)c1cc(C(=O)OCc2nnc(-c3cccc(C)c3)o2)n(C)c1. The fourth-order valence-electron chi connectivity index (χ4n) is 2.37. The highest BCUT2D eigenvalue weighted by molar-refractivity contribution is 5.97. The molecule has 0 spiro atoms. The molecule has 0 aliphatic carbocycles. The number of aryl methyl sites for hydroxylation is 2. The Morgan fingerprint density at radius 3 is 2.72 bits per heavy atom. The number of hydrogen-bond donors (Lipinski definition) is 0. The largest absolute Gasteiger partial charge is 0.451 e. The number of hydrogen-bond acceptors (Lipinski definition) is 6. The van der Waals surface area contributed by atoms with E-state index in [2.05, 4.69) is 10.2 Å². The highest BCUT2D eigenvalue weighted by atomic mass is 16.5. The lowest BCUT2D eigenvalue weighted by Gasteiger charge is -2.02. The molecule has 3 aromatic rings. The number of aromatic nitrogens is 3. The van der Waals surface area contributed by atoms with Gasteiger partial charge in [-0.1, -0.05) is 17.7 Å². The predicted octanol–water partition coefficient (Wildman–Crippen LogP) is 2.94. The molecule has 0 aliphatic rings. The Bertz CT molecular complexity index is 939. The van der Waals surface area contributed by atoms with E-state index in [0.717, 1.165) is 11.1 Å². The Morgan fingerprint density at radius 1 is 1.24 bits per heavy atom. The molecule has 128 valence electrons. The maximum absolute atomic E-state index is 12.2. The van der Waals surface area contributed by atoms with Crippen LogP contribution >= 0.6 is 0 Å². The van der Waals surface area contributed by atoms with E-state index in [9.17, 15) is 9.59 Å². The van der Waals surface area contributed by atoms with E-state index in [1.165, 1.54) is 13.0 Å². The van der Waals surface area contributed by atoms with E-state index < -0.39 is 5.97 Å². The lowest BCUT2D eigenvalue weighted by molar-refractivity contribution is 0.0427. The van der Waals surface area contributed by atoms with Gasteiger partial charge in [0.05, 0.1) is 0 Å². The maximum Gasteiger partial charge on any atom is 0.355 e. The third kappa shape index (κ3) is 3.65. The fraction of sp³-hybridized carbons (Fsp3) is 0.222. The minimum atomic E-state index is -0.565. The van der Waals surface area contributed by atoms with Gasteiger partial charge in [-0.15, -0.1) is 10.2 Å². The van der Waals surface area contributed by atoms with Gasteiger partial charge in [0.2, 0.25) is 5.89 Å². The summed E-state index contributed by atoms with van der Waals surface area (Å²) in [5.74, 6) is -0.113. The Labute approximate surface area is 144 Å². The molecule has 7 nitrogen and oxygen atoms in total. The summed E-state index contributed by atoms with van der Waals surface area (Å²) in [5.41, 5.74) is 2.62. The zero-order chi connectivity index (χ0) is 18.0. The molecule has 0 saturated carbocycles. The minimum Gasteiger partial charge on any atom is -0.451 e. The molecule has 0 amide bonds. The monoisotopic (exact) mass is 339 g/mol. The first-order valence-corrected chi connectivity index (χ1v) is 7.68. The van der Waals surface area contributed by atoms with Crippen molar-refractivity contribution in [2.75, 3.05) is 0 Å². The summed E-state index contributed by atoms with van der Waals surface area (Å²) in [5, 5.41) is 7.85. The van der Waals surface area contributed by atoms with Crippen LogP contribution in [-0.4, -0.2) is 26.5 Å². The molecule has 0 saturated heterocycles. The number of esters is 1. The molecule has 7 heteroatoms. The third-order valence-electron chi connectivity index (χ3n) is 3.68. The number of ether oxygens (including phenoxy) is 1. The van der Waals surface area contributed by atoms with Gasteiger partial charge in [-0.25, -0.2) is 4.79 Å². The molecular weight excluding hydrogens is 322 g/mol. The van der Waals surface area contributed by atoms with E-state index in [-0.39, 0.29) is 24.0 Å². The van der Waals surface area contributed by atoms with Crippen LogP contribution in [0.25, 0.3) is 11.5 Å². The lowest BCUT2D eigenvalue weighted by atomic mass is 10.1. The molecule has 2 heterocycles. The zero-order valence-corrected chi connectivity index (χ0v) is 14.1. The van der Waals surface area contributed by atoms with Crippen LogP contribution in [0.2, 0.25) is 0 Å². The van der Waals surface area contributed by atoms with Gasteiger partial charge in [-0.3, -0.25) is 4.79 Å². The van der Waals surface area contributed by atoms with Crippen molar-refractivity contribution in [2.24, 2.45) is 7.05 Å². The van der Waals surface area contributed by atoms with Gasteiger partial charge in [0.15, 0.2) is 12.4 Å². The summed E-state index contributed by atoms with van der Waals surface area (Å²) in [4.78, 5) is 23.5. The molecular formula is C18H17N3O4. The van der Waals surface area contributed by atoms with Crippen LogP contribution in [0.3, 0.4) is 0 Å².